The zero-order valence-electron chi connectivity index (χ0n) is 15.3. The molecule has 1 atom stereocenters. The summed E-state index contributed by atoms with van der Waals surface area (Å²) in [5, 5.41) is 0. The van der Waals surface area contributed by atoms with E-state index < -0.39 is 0 Å². The van der Waals surface area contributed by atoms with Crippen LogP contribution in [0.5, 0.6) is 0 Å². The van der Waals surface area contributed by atoms with Crippen LogP contribution in [-0.2, 0) is 24.9 Å². The lowest BCUT2D eigenvalue weighted by atomic mass is 10.2. The average Bonchev–Trinajstić information content (AvgIpc) is 3.31. The van der Waals surface area contributed by atoms with Crippen LogP contribution < -0.4 is 11.2 Å². The Morgan fingerprint density at radius 2 is 2.15 bits per heavy atom. The maximum Gasteiger partial charge on any atom is 0.332 e. The van der Waals surface area contributed by atoms with Gasteiger partial charge in [0.25, 0.3) is 5.56 Å². The van der Waals surface area contributed by atoms with Crippen LogP contribution in [0.2, 0.25) is 0 Å². The number of fused-ring (bicyclic) bond motifs is 3. The minimum atomic E-state index is -0.358. The molecule has 1 aliphatic heterocycles. The molecule has 0 aliphatic carbocycles. The fourth-order valence-corrected chi connectivity index (χ4v) is 3.64. The lowest BCUT2D eigenvalue weighted by Gasteiger charge is -2.11. The number of allylic oxidation sites excluding steroid dienone is 2. The van der Waals surface area contributed by atoms with Crippen molar-refractivity contribution in [1.29, 1.82) is 0 Å². The largest absolute Gasteiger partial charge is 0.376 e. The van der Waals surface area contributed by atoms with E-state index in [1.165, 1.54) is 9.13 Å². The van der Waals surface area contributed by atoms with Gasteiger partial charge in [0.2, 0.25) is 5.78 Å². The number of rotatable bonds is 4. The lowest BCUT2D eigenvalue weighted by molar-refractivity contribution is 0.0974. The van der Waals surface area contributed by atoms with Crippen LogP contribution in [0.4, 0.5) is 0 Å². The van der Waals surface area contributed by atoms with Gasteiger partial charge in [0.15, 0.2) is 11.2 Å². The first-order valence-corrected chi connectivity index (χ1v) is 8.93. The average molecular weight is 357 g/mol. The van der Waals surface area contributed by atoms with Crippen molar-refractivity contribution in [1.82, 2.24) is 23.1 Å². The summed E-state index contributed by atoms with van der Waals surface area (Å²) in [4.78, 5) is 30.1. The summed E-state index contributed by atoms with van der Waals surface area (Å²) in [7, 11) is 1.65. The molecule has 0 radical (unpaired) electrons. The summed E-state index contributed by atoms with van der Waals surface area (Å²) in [6, 6.07) is 0. The predicted octanol–water partition coefficient (Wildman–Crippen LogP) is 1.21. The topological polar surface area (TPSA) is 75.5 Å². The molecule has 0 spiro atoms. The van der Waals surface area contributed by atoms with Crippen molar-refractivity contribution >= 4 is 16.9 Å². The van der Waals surface area contributed by atoms with Crippen LogP contribution in [0.25, 0.3) is 16.9 Å². The van der Waals surface area contributed by atoms with Crippen molar-refractivity contribution in [2.45, 2.75) is 45.9 Å². The Morgan fingerprint density at radius 3 is 2.85 bits per heavy atom. The number of hydrogen-bond donors (Lipinski definition) is 0. The smallest absolute Gasteiger partial charge is 0.332 e. The number of imidazole rings is 2. The van der Waals surface area contributed by atoms with E-state index in [0.29, 0.717) is 23.5 Å². The number of aryl methyl sites for hydroxylation is 2. The predicted molar refractivity (Wildman–Crippen MR) is 98.7 cm³/mol. The molecule has 0 amide bonds. The summed E-state index contributed by atoms with van der Waals surface area (Å²) in [5.41, 5.74) is 1.18. The second-order valence-corrected chi connectivity index (χ2v) is 6.80. The van der Waals surface area contributed by atoms with E-state index in [4.69, 9.17) is 4.74 Å². The van der Waals surface area contributed by atoms with Gasteiger partial charge in [-0.3, -0.25) is 18.3 Å². The van der Waals surface area contributed by atoms with E-state index in [2.05, 4.69) is 9.55 Å². The molecule has 1 fully saturated rings. The van der Waals surface area contributed by atoms with Crippen molar-refractivity contribution in [3.8, 4) is 0 Å². The third-order valence-electron chi connectivity index (χ3n) is 5.07. The zero-order chi connectivity index (χ0) is 18.4. The standard InChI is InChI=1S/C18H23N5O3/c1-4-5-8-21-16(24)14-15(20(3)18(21)25)19-17-22(12(2)10-23(14)17)11-13-7-6-9-26-13/h4-5,10,13H,6-9,11H2,1-3H3. The summed E-state index contributed by atoms with van der Waals surface area (Å²) in [6.07, 6.45) is 7.79. The van der Waals surface area contributed by atoms with Gasteiger partial charge in [0.1, 0.15) is 0 Å². The van der Waals surface area contributed by atoms with E-state index in [1.807, 2.05) is 26.1 Å². The van der Waals surface area contributed by atoms with Gasteiger partial charge in [0, 0.05) is 32.1 Å². The molecule has 3 aromatic heterocycles. The Morgan fingerprint density at radius 1 is 1.35 bits per heavy atom. The maximum atomic E-state index is 13.0. The Kier molecular flexibility index (Phi) is 4.07. The second kappa shape index (κ2) is 6.28. The molecule has 4 heterocycles. The van der Waals surface area contributed by atoms with Gasteiger partial charge in [0.05, 0.1) is 12.6 Å². The van der Waals surface area contributed by atoms with Crippen molar-refractivity contribution in [2.24, 2.45) is 7.05 Å². The van der Waals surface area contributed by atoms with Crippen LogP contribution >= 0.6 is 0 Å². The fraction of sp³-hybridized carbons (Fsp3) is 0.500. The molecule has 1 saturated heterocycles. The molecule has 0 aromatic carbocycles. The Hall–Kier alpha value is -2.61. The van der Waals surface area contributed by atoms with Crippen molar-refractivity contribution < 1.29 is 4.74 Å². The molecule has 0 saturated carbocycles. The highest BCUT2D eigenvalue weighted by Gasteiger charge is 2.22. The molecule has 3 aromatic rings. The molecule has 1 aliphatic rings. The second-order valence-electron chi connectivity index (χ2n) is 6.80. The van der Waals surface area contributed by atoms with E-state index >= 15 is 0 Å². The minimum absolute atomic E-state index is 0.167. The van der Waals surface area contributed by atoms with Crippen molar-refractivity contribution in [3.63, 3.8) is 0 Å². The van der Waals surface area contributed by atoms with E-state index in [0.717, 1.165) is 25.1 Å². The first-order valence-electron chi connectivity index (χ1n) is 8.93. The van der Waals surface area contributed by atoms with E-state index in [1.54, 1.807) is 17.5 Å². The number of ether oxygens (including phenoxy) is 1. The highest BCUT2D eigenvalue weighted by Crippen LogP contribution is 2.20. The third-order valence-corrected chi connectivity index (χ3v) is 5.07. The molecule has 8 nitrogen and oxygen atoms in total. The third kappa shape index (κ3) is 2.44. The van der Waals surface area contributed by atoms with Gasteiger partial charge in [-0.25, -0.2) is 4.79 Å². The molecular weight excluding hydrogens is 334 g/mol. The molecule has 26 heavy (non-hydrogen) atoms. The molecular formula is C18H23N5O3. The van der Waals surface area contributed by atoms with Gasteiger partial charge < -0.3 is 9.30 Å². The quantitative estimate of drug-likeness (QED) is 0.658. The highest BCUT2D eigenvalue weighted by atomic mass is 16.5. The lowest BCUT2D eigenvalue weighted by Crippen LogP contribution is -2.39. The van der Waals surface area contributed by atoms with Gasteiger partial charge >= 0.3 is 5.69 Å². The molecule has 138 valence electrons. The minimum Gasteiger partial charge on any atom is -0.376 e. The number of hydrogen-bond acceptors (Lipinski definition) is 4. The van der Waals surface area contributed by atoms with E-state index in [-0.39, 0.29) is 23.9 Å². The zero-order valence-corrected chi connectivity index (χ0v) is 15.3. The Balaban J connectivity index is 1.96. The maximum absolute atomic E-state index is 13.0. The van der Waals surface area contributed by atoms with Crippen molar-refractivity contribution in [3.05, 3.63) is 44.9 Å². The Bertz CT molecular complexity index is 1120. The fourth-order valence-electron chi connectivity index (χ4n) is 3.64. The van der Waals surface area contributed by atoms with Gasteiger partial charge in [-0.15, -0.1) is 0 Å². The van der Waals surface area contributed by atoms with Crippen molar-refractivity contribution in [2.75, 3.05) is 6.61 Å². The van der Waals surface area contributed by atoms with Crippen LogP contribution in [0.1, 0.15) is 25.5 Å². The molecule has 0 N–H and O–H groups in total. The summed E-state index contributed by atoms with van der Waals surface area (Å²) in [5.74, 6) is 0.670. The van der Waals surface area contributed by atoms with Gasteiger partial charge in [-0.05, 0) is 26.7 Å². The van der Waals surface area contributed by atoms with Crippen LogP contribution in [0.3, 0.4) is 0 Å². The van der Waals surface area contributed by atoms with Gasteiger partial charge in [-0.1, -0.05) is 12.2 Å². The van der Waals surface area contributed by atoms with Crippen LogP contribution in [0.15, 0.2) is 27.9 Å². The first kappa shape index (κ1) is 16.8. The molecule has 8 heteroatoms. The van der Waals surface area contributed by atoms with Crippen LogP contribution in [0, 0.1) is 6.92 Å². The SMILES string of the molecule is CC=CCn1c(=O)c2c(nc3n(CC4CCCO4)c(C)cn23)n(C)c1=O. The first-order chi connectivity index (χ1) is 12.5. The summed E-state index contributed by atoms with van der Waals surface area (Å²) >= 11 is 0. The normalized spacial score (nSPS) is 18.0. The molecule has 4 rings (SSSR count). The monoisotopic (exact) mass is 357 g/mol. The van der Waals surface area contributed by atoms with E-state index in [9.17, 15) is 9.59 Å². The summed E-state index contributed by atoms with van der Waals surface area (Å²) < 4.78 is 12.3. The molecule has 1 unspecified atom stereocenters. The Labute approximate surface area is 149 Å². The molecule has 0 bridgehead atoms. The van der Waals surface area contributed by atoms with Gasteiger partial charge in [-0.2, -0.15) is 4.98 Å². The number of aromatic nitrogens is 5. The highest BCUT2D eigenvalue weighted by molar-refractivity contribution is 5.75. The number of nitrogens with zero attached hydrogens (tertiary/aromatic N) is 5. The van der Waals surface area contributed by atoms with Crippen LogP contribution in [-0.4, -0.2) is 35.8 Å². The summed E-state index contributed by atoms with van der Waals surface area (Å²) in [6.45, 7) is 5.60.